The van der Waals surface area contributed by atoms with Crippen LogP contribution in [0.5, 0.6) is 0 Å². The van der Waals surface area contributed by atoms with Gasteiger partial charge >= 0.3 is 0 Å². The fraction of sp³-hybridized carbons (Fsp3) is 0.500. The van der Waals surface area contributed by atoms with E-state index in [-0.39, 0.29) is 0 Å². The summed E-state index contributed by atoms with van der Waals surface area (Å²) in [6.07, 6.45) is 3.92. The molecule has 2 aromatic rings. The summed E-state index contributed by atoms with van der Waals surface area (Å²) in [6.45, 7) is 4.44. The van der Waals surface area contributed by atoms with Crippen molar-refractivity contribution in [3.8, 4) is 11.4 Å². The van der Waals surface area contributed by atoms with Gasteiger partial charge in [0.2, 0.25) is 0 Å². The molecule has 0 spiro atoms. The summed E-state index contributed by atoms with van der Waals surface area (Å²) < 4.78 is 0. The molecule has 0 radical (unpaired) electrons. The summed E-state index contributed by atoms with van der Waals surface area (Å²) in [5.41, 5.74) is 2.24. The highest BCUT2D eigenvalue weighted by molar-refractivity contribution is 5.62. The van der Waals surface area contributed by atoms with Crippen LogP contribution < -0.4 is 5.32 Å². The van der Waals surface area contributed by atoms with Gasteiger partial charge in [0.25, 0.3) is 0 Å². The third-order valence-corrected chi connectivity index (χ3v) is 4.68. The summed E-state index contributed by atoms with van der Waals surface area (Å²) in [5.74, 6) is 1.62. The van der Waals surface area contributed by atoms with E-state index in [9.17, 15) is 0 Å². The van der Waals surface area contributed by atoms with E-state index in [1.54, 1.807) is 0 Å². The maximum atomic E-state index is 4.40. The number of aromatic amines is 1. The summed E-state index contributed by atoms with van der Waals surface area (Å²) in [4.78, 5) is 7.03. The quantitative estimate of drug-likeness (QED) is 0.908. The Morgan fingerprint density at radius 2 is 2.24 bits per heavy atom. The lowest BCUT2D eigenvalue weighted by atomic mass is 10.1. The van der Waals surface area contributed by atoms with Gasteiger partial charge < -0.3 is 5.32 Å². The zero-order chi connectivity index (χ0) is 14.2. The Kier molecular flexibility index (Phi) is 3.15. The van der Waals surface area contributed by atoms with Gasteiger partial charge in [-0.05, 0) is 44.9 Å². The van der Waals surface area contributed by atoms with Crippen LogP contribution >= 0.6 is 0 Å². The minimum atomic E-state index is 0.580. The van der Waals surface area contributed by atoms with Crippen LogP contribution in [-0.2, 0) is 0 Å². The number of hydrogen-bond donors (Lipinski definition) is 2. The molecule has 21 heavy (non-hydrogen) atoms. The summed E-state index contributed by atoms with van der Waals surface area (Å²) in [5, 5.41) is 10.9. The van der Waals surface area contributed by atoms with Crippen molar-refractivity contribution >= 4 is 5.69 Å². The first-order valence-electron chi connectivity index (χ1n) is 7.79. The number of nitrogens with one attached hydrogen (secondary N) is 2. The molecule has 2 atom stereocenters. The molecular formula is C16H21N5. The number of hydrogen-bond acceptors (Lipinski definition) is 4. The molecule has 2 N–H and O–H groups in total. The van der Waals surface area contributed by atoms with Crippen LogP contribution in [0.15, 0.2) is 24.3 Å². The smallest absolute Gasteiger partial charge is 0.181 e. The van der Waals surface area contributed by atoms with E-state index in [1.807, 2.05) is 6.92 Å². The minimum Gasteiger partial charge on any atom is -0.381 e. The fourth-order valence-electron chi connectivity index (χ4n) is 3.68. The normalized spacial score (nSPS) is 25.2. The van der Waals surface area contributed by atoms with E-state index in [0.717, 1.165) is 23.3 Å². The van der Waals surface area contributed by atoms with E-state index < -0.39 is 0 Å². The Labute approximate surface area is 124 Å². The van der Waals surface area contributed by atoms with Crippen LogP contribution in [0.1, 0.15) is 25.1 Å². The highest BCUT2D eigenvalue weighted by Gasteiger charge is 2.36. The lowest BCUT2D eigenvalue weighted by molar-refractivity contribution is 0.318. The lowest BCUT2D eigenvalue weighted by Crippen LogP contribution is -2.33. The van der Waals surface area contributed by atoms with Crippen molar-refractivity contribution in [3.63, 3.8) is 0 Å². The van der Waals surface area contributed by atoms with Gasteiger partial charge in [-0.2, -0.15) is 5.10 Å². The van der Waals surface area contributed by atoms with Gasteiger partial charge in [0.1, 0.15) is 5.82 Å². The Morgan fingerprint density at radius 1 is 1.29 bits per heavy atom. The first-order chi connectivity index (χ1) is 10.3. The first-order valence-corrected chi connectivity index (χ1v) is 7.79. The molecule has 4 rings (SSSR count). The highest BCUT2D eigenvalue weighted by Crippen LogP contribution is 2.30. The van der Waals surface area contributed by atoms with Crippen LogP contribution in [0, 0.1) is 6.92 Å². The second kappa shape index (κ2) is 5.15. The van der Waals surface area contributed by atoms with Crippen LogP contribution in [0.3, 0.4) is 0 Å². The van der Waals surface area contributed by atoms with E-state index >= 15 is 0 Å². The van der Waals surface area contributed by atoms with E-state index in [1.165, 1.54) is 38.0 Å². The molecule has 3 heterocycles. The van der Waals surface area contributed by atoms with Gasteiger partial charge in [0.15, 0.2) is 5.82 Å². The predicted octanol–water partition coefficient (Wildman–Crippen LogP) is 2.43. The van der Waals surface area contributed by atoms with Crippen LogP contribution in [0.25, 0.3) is 11.4 Å². The molecular weight excluding hydrogens is 262 g/mol. The fourth-order valence-corrected chi connectivity index (χ4v) is 3.68. The number of aryl methyl sites for hydroxylation is 1. The number of H-pyrrole nitrogens is 1. The van der Waals surface area contributed by atoms with Gasteiger partial charge in [0.05, 0.1) is 0 Å². The number of aromatic nitrogens is 3. The van der Waals surface area contributed by atoms with Gasteiger partial charge in [-0.1, -0.05) is 12.1 Å². The van der Waals surface area contributed by atoms with Crippen LogP contribution in [-0.4, -0.2) is 45.3 Å². The third kappa shape index (κ3) is 2.42. The molecule has 5 nitrogen and oxygen atoms in total. The van der Waals surface area contributed by atoms with Crippen molar-refractivity contribution in [1.82, 2.24) is 20.1 Å². The molecule has 0 bridgehead atoms. The van der Waals surface area contributed by atoms with Gasteiger partial charge in [0, 0.05) is 29.9 Å². The van der Waals surface area contributed by atoms with Gasteiger partial charge in [-0.3, -0.25) is 10.00 Å². The Balaban J connectivity index is 1.53. The molecule has 0 aliphatic carbocycles. The molecule has 2 saturated heterocycles. The number of benzene rings is 1. The molecule has 110 valence electrons. The molecule has 2 aliphatic heterocycles. The van der Waals surface area contributed by atoms with Crippen molar-refractivity contribution in [2.45, 2.75) is 38.3 Å². The average Bonchev–Trinajstić information content (AvgIpc) is 3.18. The molecule has 0 saturated carbocycles. The lowest BCUT2D eigenvalue weighted by Gasteiger charge is -2.22. The van der Waals surface area contributed by atoms with Crippen molar-refractivity contribution in [3.05, 3.63) is 30.1 Å². The molecule has 2 unspecified atom stereocenters. The molecule has 2 fully saturated rings. The Morgan fingerprint density at radius 3 is 3.10 bits per heavy atom. The van der Waals surface area contributed by atoms with Crippen molar-refractivity contribution in [2.75, 3.05) is 18.4 Å². The maximum absolute atomic E-state index is 4.40. The van der Waals surface area contributed by atoms with E-state index in [0.29, 0.717) is 6.04 Å². The maximum Gasteiger partial charge on any atom is 0.181 e. The van der Waals surface area contributed by atoms with Crippen molar-refractivity contribution < 1.29 is 0 Å². The minimum absolute atomic E-state index is 0.580. The summed E-state index contributed by atoms with van der Waals surface area (Å²) >= 11 is 0. The van der Waals surface area contributed by atoms with Crippen LogP contribution in [0.2, 0.25) is 0 Å². The predicted molar refractivity (Wildman–Crippen MR) is 83.2 cm³/mol. The summed E-state index contributed by atoms with van der Waals surface area (Å²) in [7, 11) is 0. The number of anilines is 1. The van der Waals surface area contributed by atoms with Crippen LogP contribution in [0.4, 0.5) is 5.69 Å². The van der Waals surface area contributed by atoms with Crippen molar-refractivity contribution in [2.24, 2.45) is 0 Å². The first kappa shape index (κ1) is 12.8. The van der Waals surface area contributed by atoms with E-state index in [2.05, 4.69) is 49.7 Å². The van der Waals surface area contributed by atoms with Crippen molar-refractivity contribution in [1.29, 1.82) is 0 Å². The number of rotatable bonds is 3. The molecule has 0 amide bonds. The summed E-state index contributed by atoms with van der Waals surface area (Å²) in [6, 6.07) is 9.73. The molecule has 5 heteroatoms. The zero-order valence-corrected chi connectivity index (χ0v) is 12.3. The average molecular weight is 283 g/mol. The largest absolute Gasteiger partial charge is 0.381 e. The molecule has 2 aliphatic rings. The molecule has 1 aromatic heterocycles. The number of fused-ring (bicyclic) bond motifs is 1. The second-order valence-corrected chi connectivity index (χ2v) is 6.11. The standard InChI is InChI=1S/C16H21N5/c1-11-17-16(20-19-11)12-4-2-5-13(10-12)18-14-7-9-21-8-3-6-15(14)21/h2,4-5,10,14-15,18H,3,6-9H2,1H3,(H,17,19,20). The molecule has 1 aromatic carbocycles. The second-order valence-electron chi connectivity index (χ2n) is 6.11. The Bertz CT molecular complexity index is 635. The third-order valence-electron chi connectivity index (χ3n) is 4.68. The SMILES string of the molecule is Cc1nc(-c2cccc(NC3CCN4CCCC34)c2)n[nH]1. The zero-order valence-electron chi connectivity index (χ0n) is 12.3. The van der Waals surface area contributed by atoms with Gasteiger partial charge in [-0.15, -0.1) is 0 Å². The topological polar surface area (TPSA) is 56.8 Å². The Hall–Kier alpha value is -1.88. The van der Waals surface area contributed by atoms with E-state index in [4.69, 9.17) is 0 Å². The highest BCUT2D eigenvalue weighted by atomic mass is 15.2. The number of nitrogens with zero attached hydrogens (tertiary/aromatic N) is 3. The monoisotopic (exact) mass is 283 g/mol. The van der Waals surface area contributed by atoms with Gasteiger partial charge in [-0.25, -0.2) is 4.98 Å².